The molecule has 0 atom stereocenters. The van der Waals surface area contributed by atoms with Crippen LogP contribution in [0.5, 0.6) is 0 Å². The zero-order valence-electron chi connectivity index (χ0n) is 10.3. The molecule has 1 aliphatic heterocycles. The van der Waals surface area contributed by atoms with Gasteiger partial charge in [0.15, 0.2) is 0 Å². The first-order valence-corrected chi connectivity index (χ1v) is 7.22. The molecule has 1 aliphatic rings. The van der Waals surface area contributed by atoms with Gasteiger partial charge in [-0.25, -0.2) is 13.2 Å². The van der Waals surface area contributed by atoms with Crippen LogP contribution in [0.15, 0.2) is 29.2 Å². The van der Waals surface area contributed by atoms with Crippen molar-refractivity contribution < 1.29 is 27.9 Å². The summed E-state index contributed by atoms with van der Waals surface area (Å²) < 4.78 is 24.7. The van der Waals surface area contributed by atoms with Gasteiger partial charge < -0.3 is 5.11 Å². The number of piperidine rings is 1. The van der Waals surface area contributed by atoms with E-state index in [1.807, 2.05) is 0 Å². The number of nitrogens with zero attached hydrogens (tertiary/aromatic N) is 1. The third-order valence-electron chi connectivity index (χ3n) is 2.87. The Morgan fingerprint density at radius 2 is 1.55 bits per heavy atom. The highest BCUT2D eigenvalue weighted by atomic mass is 32.2. The lowest BCUT2D eigenvalue weighted by Gasteiger charge is -2.24. The van der Waals surface area contributed by atoms with Gasteiger partial charge >= 0.3 is 5.97 Å². The molecule has 106 valence electrons. The van der Waals surface area contributed by atoms with Crippen molar-refractivity contribution in [1.82, 2.24) is 4.31 Å². The number of carbonyl (C=O) groups is 3. The summed E-state index contributed by atoms with van der Waals surface area (Å²) in [5.41, 5.74) is -0.0831. The van der Waals surface area contributed by atoms with Crippen LogP contribution in [-0.4, -0.2) is 35.6 Å². The van der Waals surface area contributed by atoms with Crippen molar-refractivity contribution in [2.75, 3.05) is 0 Å². The van der Waals surface area contributed by atoms with E-state index < -0.39 is 27.8 Å². The fourth-order valence-corrected chi connectivity index (χ4v) is 3.29. The fraction of sp³-hybridized carbons (Fsp3) is 0.250. The number of amides is 2. The van der Waals surface area contributed by atoms with Crippen molar-refractivity contribution in [2.45, 2.75) is 24.2 Å². The number of imide groups is 1. The van der Waals surface area contributed by atoms with Gasteiger partial charge in [-0.05, 0) is 30.7 Å². The summed E-state index contributed by atoms with van der Waals surface area (Å²) in [6.07, 6.45) is 0.331. The Labute approximate surface area is 114 Å². The summed E-state index contributed by atoms with van der Waals surface area (Å²) >= 11 is 0. The highest BCUT2D eigenvalue weighted by Crippen LogP contribution is 2.22. The van der Waals surface area contributed by atoms with Crippen LogP contribution < -0.4 is 0 Å². The summed E-state index contributed by atoms with van der Waals surface area (Å²) in [6.45, 7) is 0. The third kappa shape index (κ3) is 2.42. The first-order valence-electron chi connectivity index (χ1n) is 5.78. The van der Waals surface area contributed by atoms with Crippen LogP contribution in [0.25, 0.3) is 0 Å². The molecule has 20 heavy (non-hydrogen) atoms. The number of hydrogen-bond donors (Lipinski definition) is 1. The average Bonchev–Trinajstić information content (AvgIpc) is 2.38. The Hall–Kier alpha value is -2.22. The van der Waals surface area contributed by atoms with Gasteiger partial charge in [0.1, 0.15) is 0 Å². The Kier molecular flexibility index (Phi) is 3.58. The first-order chi connectivity index (χ1) is 9.34. The quantitative estimate of drug-likeness (QED) is 0.819. The Morgan fingerprint density at radius 3 is 2.00 bits per heavy atom. The number of benzene rings is 1. The predicted molar refractivity (Wildman–Crippen MR) is 66.3 cm³/mol. The highest BCUT2D eigenvalue weighted by Gasteiger charge is 2.37. The molecule has 1 aromatic rings. The second-order valence-corrected chi connectivity index (χ2v) is 6.03. The minimum Gasteiger partial charge on any atom is -0.478 e. The molecule has 2 amide bonds. The molecule has 0 saturated carbocycles. The zero-order chi connectivity index (χ0) is 14.9. The predicted octanol–water partition coefficient (Wildman–Crippen LogP) is 0.613. The Morgan fingerprint density at radius 1 is 1.05 bits per heavy atom. The molecule has 7 nitrogen and oxygen atoms in total. The number of carboxylic acids is 1. The van der Waals surface area contributed by atoms with Gasteiger partial charge in [-0.3, -0.25) is 9.59 Å². The van der Waals surface area contributed by atoms with Gasteiger partial charge in [0.25, 0.3) is 10.0 Å². The number of carbonyl (C=O) groups excluding carboxylic acids is 2. The van der Waals surface area contributed by atoms with E-state index in [1.165, 1.54) is 0 Å². The van der Waals surface area contributed by atoms with E-state index in [4.69, 9.17) is 5.11 Å². The van der Waals surface area contributed by atoms with E-state index in [2.05, 4.69) is 0 Å². The topological polar surface area (TPSA) is 109 Å². The van der Waals surface area contributed by atoms with Gasteiger partial charge in [-0.15, -0.1) is 0 Å². The van der Waals surface area contributed by atoms with Crippen molar-refractivity contribution in [2.24, 2.45) is 0 Å². The van der Waals surface area contributed by atoms with Gasteiger partial charge in [-0.1, -0.05) is 0 Å². The molecule has 0 radical (unpaired) electrons. The second kappa shape index (κ2) is 5.04. The number of aromatic carboxylic acids is 1. The lowest BCUT2D eigenvalue weighted by atomic mass is 10.1. The molecule has 0 spiro atoms. The van der Waals surface area contributed by atoms with Crippen LogP contribution >= 0.6 is 0 Å². The normalized spacial score (nSPS) is 16.3. The smallest absolute Gasteiger partial charge is 0.335 e. The van der Waals surface area contributed by atoms with Crippen LogP contribution in [0.2, 0.25) is 0 Å². The minimum atomic E-state index is -4.26. The second-order valence-electron chi connectivity index (χ2n) is 4.24. The average molecular weight is 297 g/mol. The zero-order valence-corrected chi connectivity index (χ0v) is 11.1. The van der Waals surface area contributed by atoms with Gasteiger partial charge in [0, 0.05) is 12.8 Å². The molecule has 2 rings (SSSR count). The van der Waals surface area contributed by atoms with Crippen molar-refractivity contribution in [3.8, 4) is 0 Å². The molecule has 0 aromatic heterocycles. The van der Waals surface area contributed by atoms with Crippen LogP contribution in [0, 0.1) is 0 Å². The molecule has 1 aromatic carbocycles. The Bertz CT molecular complexity index is 660. The lowest BCUT2D eigenvalue weighted by molar-refractivity contribution is -0.141. The van der Waals surface area contributed by atoms with Crippen LogP contribution in [-0.2, 0) is 19.6 Å². The van der Waals surface area contributed by atoms with Crippen molar-refractivity contribution >= 4 is 27.8 Å². The van der Waals surface area contributed by atoms with Crippen molar-refractivity contribution in [3.05, 3.63) is 29.8 Å². The molecule has 0 aliphatic carbocycles. The monoisotopic (exact) mass is 297 g/mol. The molecular weight excluding hydrogens is 286 g/mol. The summed E-state index contributed by atoms with van der Waals surface area (Å²) in [6, 6.07) is 4.34. The molecule has 1 fully saturated rings. The van der Waals surface area contributed by atoms with Crippen LogP contribution in [0.1, 0.15) is 29.6 Å². The molecular formula is C12H11NO6S. The third-order valence-corrected chi connectivity index (χ3v) is 4.63. The van der Waals surface area contributed by atoms with Gasteiger partial charge in [0.05, 0.1) is 10.5 Å². The largest absolute Gasteiger partial charge is 0.478 e. The molecule has 8 heteroatoms. The van der Waals surface area contributed by atoms with Gasteiger partial charge in [-0.2, -0.15) is 4.31 Å². The van der Waals surface area contributed by atoms with E-state index in [0.717, 1.165) is 24.3 Å². The lowest BCUT2D eigenvalue weighted by Crippen LogP contribution is -2.44. The molecule has 1 saturated heterocycles. The number of carboxylic acid groups (broad SMARTS) is 1. The van der Waals surface area contributed by atoms with E-state index in [-0.39, 0.29) is 27.6 Å². The molecule has 1 heterocycles. The van der Waals surface area contributed by atoms with E-state index in [9.17, 15) is 22.8 Å². The molecule has 0 bridgehead atoms. The SMILES string of the molecule is O=C(O)c1ccc(S(=O)(=O)N2C(=O)CCCC2=O)cc1. The van der Waals surface area contributed by atoms with Crippen LogP contribution in [0.4, 0.5) is 0 Å². The number of hydrogen-bond acceptors (Lipinski definition) is 5. The summed E-state index contributed by atoms with van der Waals surface area (Å²) in [5, 5.41) is 8.74. The maximum Gasteiger partial charge on any atom is 0.335 e. The number of sulfonamides is 1. The van der Waals surface area contributed by atoms with E-state index >= 15 is 0 Å². The maximum absolute atomic E-state index is 12.2. The summed E-state index contributed by atoms with van der Waals surface area (Å²) in [7, 11) is -4.26. The highest BCUT2D eigenvalue weighted by molar-refractivity contribution is 7.90. The molecule has 0 unspecified atom stereocenters. The van der Waals surface area contributed by atoms with Crippen molar-refractivity contribution in [1.29, 1.82) is 0 Å². The summed E-state index contributed by atoms with van der Waals surface area (Å²) in [5.74, 6) is -2.72. The van der Waals surface area contributed by atoms with E-state index in [0.29, 0.717) is 6.42 Å². The standard InChI is InChI=1S/C12H11NO6S/c14-10-2-1-3-11(15)13(10)20(18,19)9-6-4-8(5-7-9)12(16)17/h4-7H,1-3H2,(H,16,17). The fourth-order valence-electron chi connectivity index (χ4n) is 1.88. The number of rotatable bonds is 3. The molecule has 1 N–H and O–H groups in total. The van der Waals surface area contributed by atoms with Crippen molar-refractivity contribution in [3.63, 3.8) is 0 Å². The Balaban J connectivity index is 2.41. The first kappa shape index (κ1) is 14.2. The minimum absolute atomic E-state index is 0.00181. The van der Waals surface area contributed by atoms with E-state index in [1.54, 1.807) is 0 Å². The van der Waals surface area contributed by atoms with Gasteiger partial charge in [0.2, 0.25) is 11.8 Å². The van der Waals surface area contributed by atoms with Crippen LogP contribution in [0.3, 0.4) is 0 Å². The maximum atomic E-state index is 12.2. The summed E-state index contributed by atoms with van der Waals surface area (Å²) in [4.78, 5) is 33.7.